The van der Waals surface area contributed by atoms with Gasteiger partial charge in [-0.2, -0.15) is 0 Å². The zero-order valence-corrected chi connectivity index (χ0v) is 19.2. The van der Waals surface area contributed by atoms with E-state index >= 15 is 0 Å². The van der Waals surface area contributed by atoms with Crippen LogP contribution in [0.2, 0.25) is 0 Å². The number of hydrogen-bond donors (Lipinski definition) is 2. The zero-order chi connectivity index (χ0) is 23.3. The van der Waals surface area contributed by atoms with E-state index in [4.69, 9.17) is 0 Å². The number of anilines is 1. The van der Waals surface area contributed by atoms with Gasteiger partial charge in [-0.05, 0) is 48.6 Å². The van der Waals surface area contributed by atoms with Gasteiger partial charge in [-0.3, -0.25) is 9.59 Å². The molecule has 1 aliphatic rings. The van der Waals surface area contributed by atoms with Gasteiger partial charge in [0.25, 0.3) is 5.91 Å². The Bertz CT molecular complexity index is 1130. The van der Waals surface area contributed by atoms with Crippen molar-refractivity contribution in [1.29, 1.82) is 0 Å². The molecule has 1 fully saturated rings. The molecule has 1 aliphatic heterocycles. The number of benzene rings is 2. The van der Waals surface area contributed by atoms with Crippen LogP contribution in [0.4, 0.5) is 5.82 Å². The Labute approximate surface area is 195 Å². The van der Waals surface area contributed by atoms with Crippen molar-refractivity contribution >= 4 is 17.6 Å². The largest absolute Gasteiger partial charge is 0.373 e. The van der Waals surface area contributed by atoms with Crippen LogP contribution >= 0.6 is 0 Å². The van der Waals surface area contributed by atoms with E-state index in [1.165, 1.54) is 0 Å². The maximum Gasteiger partial charge on any atom is 0.254 e. The van der Waals surface area contributed by atoms with Crippen molar-refractivity contribution in [3.8, 4) is 11.1 Å². The summed E-state index contributed by atoms with van der Waals surface area (Å²) < 4.78 is 0. The lowest BCUT2D eigenvalue weighted by Crippen LogP contribution is -2.45. The highest BCUT2D eigenvalue weighted by Gasteiger charge is 2.46. The summed E-state index contributed by atoms with van der Waals surface area (Å²) in [5.74, 6) is 0.585. The number of nitrogens with one attached hydrogen (secondary N) is 2. The smallest absolute Gasteiger partial charge is 0.254 e. The first-order valence-corrected chi connectivity index (χ1v) is 11.4. The number of rotatable bonds is 7. The first-order valence-electron chi connectivity index (χ1n) is 11.4. The summed E-state index contributed by atoms with van der Waals surface area (Å²) in [6, 6.07) is 22.0. The molecule has 3 aromatic rings. The van der Waals surface area contributed by atoms with Crippen molar-refractivity contribution in [3.63, 3.8) is 0 Å². The fraction of sp³-hybridized carbons (Fsp3) is 0.296. The molecule has 0 radical (unpaired) electrons. The number of hydrogen-bond acceptors (Lipinski definition) is 4. The van der Waals surface area contributed by atoms with E-state index in [0.29, 0.717) is 43.9 Å². The normalized spacial score (nSPS) is 17.6. The second-order valence-corrected chi connectivity index (χ2v) is 8.54. The third kappa shape index (κ3) is 4.90. The van der Waals surface area contributed by atoms with Crippen molar-refractivity contribution in [2.24, 2.45) is 5.41 Å². The average Bonchev–Trinajstić information content (AvgIpc) is 3.29. The molecular weight excluding hydrogens is 412 g/mol. The van der Waals surface area contributed by atoms with E-state index in [-0.39, 0.29) is 11.8 Å². The summed E-state index contributed by atoms with van der Waals surface area (Å²) in [6.45, 7) is 3.43. The van der Waals surface area contributed by atoms with Gasteiger partial charge in [0.2, 0.25) is 5.91 Å². The Kier molecular flexibility index (Phi) is 6.73. The van der Waals surface area contributed by atoms with Crippen LogP contribution in [0.25, 0.3) is 11.1 Å². The predicted molar refractivity (Wildman–Crippen MR) is 131 cm³/mol. The van der Waals surface area contributed by atoms with Gasteiger partial charge < -0.3 is 15.5 Å². The third-order valence-electron chi connectivity index (χ3n) is 6.30. The van der Waals surface area contributed by atoms with Gasteiger partial charge in [-0.25, -0.2) is 4.98 Å². The minimum Gasteiger partial charge on any atom is -0.373 e. The lowest BCUT2D eigenvalue weighted by atomic mass is 9.79. The van der Waals surface area contributed by atoms with Crippen LogP contribution in [0.5, 0.6) is 0 Å². The standard InChI is InChI=1S/C27H30N4O2/c1-3-29-26(33)27(18-20-8-7-11-22(16-20)21-9-5-4-6-10-21)13-15-31(19-27)25(32)23-12-14-30-24(17-23)28-2/h4-12,14,16-17H,3,13,15,18-19H2,1-2H3,(H,28,30)(H,29,33)/t27-/m0/s1. The molecule has 1 aromatic heterocycles. The molecule has 6 heteroatoms. The van der Waals surface area contributed by atoms with Crippen molar-refractivity contribution in [2.45, 2.75) is 19.8 Å². The molecule has 2 amide bonds. The van der Waals surface area contributed by atoms with Crippen LogP contribution in [-0.4, -0.2) is 48.4 Å². The molecule has 6 nitrogen and oxygen atoms in total. The Morgan fingerprint density at radius 2 is 1.82 bits per heavy atom. The number of carbonyl (C=O) groups excluding carboxylic acids is 2. The molecule has 33 heavy (non-hydrogen) atoms. The third-order valence-corrected chi connectivity index (χ3v) is 6.30. The summed E-state index contributed by atoms with van der Waals surface area (Å²) >= 11 is 0. The fourth-order valence-corrected chi connectivity index (χ4v) is 4.57. The Balaban J connectivity index is 1.59. The van der Waals surface area contributed by atoms with Crippen LogP contribution in [0.1, 0.15) is 29.3 Å². The van der Waals surface area contributed by atoms with Crippen molar-refractivity contribution < 1.29 is 9.59 Å². The monoisotopic (exact) mass is 442 g/mol. The molecule has 1 atom stereocenters. The average molecular weight is 443 g/mol. The fourth-order valence-electron chi connectivity index (χ4n) is 4.57. The zero-order valence-electron chi connectivity index (χ0n) is 19.2. The highest BCUT2D eigenvalue weighted by Crippen LogP contribution is 2.36. The van der Waals surface area contributed by atoms with Crippen LogP contribution in [0, 0.1) is 5.41 Å². The lowest BCUT2D eigenvalue weighted by Gasteiger charge is -2.28. The van der Waals surface area contributed by atoms with E-state index in [1.807, 2.05) is 31.2 Å². The summed E-state index contributed by atoms with van der Waals surface area (Å²) in [7, 11) is 1.77. The maximum atomic E-state index is 13.3. The maximum absolute atomic E-state index is 13.3. The Morgan fingerprint density at radius 1 is 1.03 bits per heavy atom. The van der Waals surface area contributed by atoms with E-state index in [1.54, 1.807) is 30.3 Å². The van der Waals surface area contributed by atoms with Gasteiger partial charge >= 0.3 is 0 Å². The molecule has 1 saturated heterocycles. The van der Waals surface area contributed by atoms with E-state index in [9.17, 15) is 9.59 Å². The molecule has 4 rings (SSSR count). The van der Waals surface area contributed by atoms with Gasteiger partial charge in [0.05, 0.1) is 5.41 Å². The molecule has 2 N–H and O–H groups in total. The topological polar surface area (TPSA) is 74.3 Å². The van der Waals surface area contributed by atoms with Crippen molar-refractivity contribution in [3.05, 3.63) is 84.1 Å². The molecule has 0 spiro atoms. The first-order chi connectivity index (χ1) is 16.0. The molecule has 0 unspecified atom stereocenters. The summed E-state index contributed by atoms with van der Waals surface area (Å²) in [5, 5.41) is 5.98. The van der Waals surface area contributed by atoms with Gasteiger partial charge in [-0.15, -0.1) is 0 Å². The van der Waals surface area contributed by atoms with Crippen LogP contribution < -0.4 is 10.6 Å². The lowest BCUT2D eigenvalue weighted by molar-refractivity contribution is -0.130. The van der Waals surface area contributed by atoms with Gasteiger partial charge in [0.15, 0.2) is 0 Å². The minimum absolute atomic E-state index is 0.0102. The van der Waals surface area contributed by atoms with Crippen LogP contribution in [0.3, 0.4) is 0 Å². The first kappa shape index (κ1) is 22.5. The van der Waals surface area contributed by atoms with Crippen molar-refractivity contribution in [1.82, 2.24) is 15.2 Å². The van der Waals surface area contributed by atoms with E-state index in [2.05, 4.69) is 45.9 Å². The van der Waals surface area contributed by atoms with Crippen LogP contribution in [-0.2, 0) is 11.2 Å². The number of pyridine rings is 1. The van der Waals surface area contributed by atoms with Crippen LogP contribution in [0.15, 0.2) is 72.9 Å². The van der Waals surface area contributed by atoms with Gasteiger partial charge in [0, 0.05) is 38.4 Å². The van der Waals surface area contributed by atoms with Gasteiger partial charge in [-0.1, -0.05) is 54.6 Å². The predicted octanol–water partition coefficient (Wildman–Crippen LogP) is 4.00. The molecule has 170 valence electrons. The summed E-state index contributed by atoms with van der Waals surface area (Å²) in [4.78, 5) is 32.5. The minimum atomic E-state index is -0.653. The quantitative estimate of drug-likeness (QED) is 0.580. The molecule has 2 aromatic carbocycles. The second-order valence-electron chi connectivity index (χ2n) is 8.54. The van der Waals surface area contributed by atoms with Crippen molar-refractivity contribution in [2.75, 3.05) is 32.0 Å². The highest BCUT2D eigenvalue weighted by molar-refractivity contribution is 5.96. The summed E-state index contributed by atoms with van der Waals surface area (Å²) in [6.07, 6.45) is 2.84. The number of nitrogens with zero attached hydrogens (tertiary/aromatic N) is 2. The number of amides is 2. The molecule has 0 aliphatic carbocycles. The van der Waals surface area contributed by atoms with Gasteiger partial charge in [0.1, 0.15) is 5.82 Å². The number of likely N-dealkylation sites (tertiary alicyclic amines) is 1. The second kappa shape index (κ2) is 9.86. The SMILES string of the molecule is CCNC(=O)[C@]1(Cc2cccc(-c3ccccc3)c2)CCN(C(=O)c2ccnc(NC)c2)C1. The molecular formula is C27H30N4O2. The number of aromatic nitrogens is 1. The highest BCUT2D eigenvalue weighted by atomic mass is 16.2. The Hall–Kier alpha value is -3.67. The number of carbonyl (C=O) groups is 2. The molecule has 0 bridgehead atoms. The van der Waals surface area contributed by atoms with E-state index in [0.717, 1.165) is 16.7 Å². The molecule has 0 saturated carbocycles. The summed E-state index contributed by atoms with van der Waals surface area (Å²) in [5.41, 5.74) is 3.29. The Morgan fingerprint density at radius 3 is 2.58 bits per heavy atom. The van der Waals surface area contributed by atoms with E-state index < -0.39 is 5.41 Å². The molecule has 2 heterocycles.